The van der Waals surface area contributed by atoms with Crippen LogP contribution in [0.15, 0.2) is 12.4 Å². The van der Waals surface area contributed by atoms with Crippen LogP contribution in [-0.2, 0) is 11.2 Å². The van der Waals surface area contributed by atoms with Crippen molar-refractivity contribution in [2.45, 2.75) is 18.9 Å². The molecule has 1 aromatic heterocycles. The highest BCUT2D eigenvalue weighted by Crippen LogP contribution is 2.09. The van der Waals surface area contributed by atoms with E-state index in [1.165, 1.54) is 6.33 Å². The van der Waals surface area contributed by atoms with Crippen LogP contribution in [-0.4, -0.2) is 42.0 Å². The molecule has 15 heavy (non-hydrogen) atoms. The Hall–Kier alpha value is -1.20. The summed E-state index contributed by atoms with van der Waals surface area (Å²) >= 11 is 0. The minimum absolute atomic E-state index is 0.440. The minimum Gasteiger partial charge on any atom is -0.481 e. The van der Waals surface area contributed by atoms with Crippen LogP contribution in [0.4, 0.5) is 0 Å². The van der Waals surface area contributed by atoms with Gasteiger partial charge >= 0.3 is 0 Å². The van der Waals surface area contributed by atoms with E-state index in [4.69, 9.17) is 9.47 Å². The van der Waals surface area contributed by atoms with E-state index in [1.54, 1.807) is 20.3 Å². The molecular weight excluding hydrogens is 196 g/mol. The smallest absolute Gasteiger partial charge is 0.216 e. The van der Waals surface area contributed by atoms with Gasteiger partial charge < -0.3 is 14.6 Å². The summed E-state index contributed by atoms with van der Waals surface area (Å²) in [7, 11) is 3.16. The Morgan fingerprint density at radius 1 is 1.40 bits per heavy atom. The summed E-state index contributed by atoms with van der Waals surface area (Å²) in [6, 6.07) is 1.72. The van der Waals surface area contributed by atoms with Crippen molar-refractivity contribution in [1.82, 2.24) is 9.97 Å². The quantitative estimate of drug-likeness (QED) is 0.740. The molecule has 0 spiro atoms. The fraction of sp³-hybridized carbons (Fsp3) is 0.600. The van der Waals surface area contributed by atoms with Gasteiger partial charge in [-0.15, -0.1) is 0 Å². The van der Waals surface area contributed by atoms with Crippen LogP contribution >= 0.6 is 0 Å². The summed E-state index contributed by atoms with van der Waals surface area (Å²) in [6.45, 7) is 0.545. The van der Waals surface area contributed by atoms with E-state index < -0.39 is 6.10 Å². The van der Waals surface area contributed by atoms with E-state index in [-0.39, 0.29) is 0 Å². The molecule has 1 heterocycles. The van der Waals surface area contributed by atoms with Gasteiger partial charge in [0.1, 0.15) is 6.33 Å². The molecule has 0 aromatic carbocycles. The average Bonchev–Trinajstić information content (AvgIpc) is 2.26. The van der Waals surface area contributed by atoms with Crippen molar-refractivity contribution < 1.29 is 14.6 Å². The van der Waals surface area contributed by atoms with E-state index in [0.717, 1.165) is 5.69 Å². The molecule has 5 nitrogen and oxygen atoms in total. The molecule has 1 aromatic rings. The molecule has 0 saturated heterocycles. The molecule has 0 amide bonds. The van der Waals surface area contributed by atoms with Gasteiger partial charge in [0.05, 0.1) is 18.9 Å². The molecule has 5 heteroatoms. The number of hydrogen-bond donors (Lipinski definition) is 1. The van der Waals surface area contributed by atoms with E-state index in [0.29, 0.717) is 25.3 Å². The Balaban J connectivity index is 2.48. The van der Waals surface area contributed by atoms with Crippen molar-refractivity contribution in [2.24, 2.45) is 0 Å². The lowest BCUT2D eigenvalue weighted by molar-refractivity contribution is 0.109. The molecule has 0 aliphatic heterocycles. The lowest BCUT2D eigenvalue weighted by Gasteiger charge is -2.09. The van der Waals surface area contributed by atoms with Crippen molar-refractivity contribution in [3.8, 4) is 5.88 Å². The zero-order valence-corrected chi connectivity index (χ0v) is 9.01. The number of aliphatic hydroxyl groups excluding tert-OH is 1. The first kappa shape index (κ1) is 11.9. The Labute approximate surface area is 89.1 Å². The SMILES string of the molecule is COCCC(O)Cc1cc(OC)ncn1. The number of aromatic nitrogens is 2. The van der Waals surface area contributed by atoms with Crippen LogP contribution in [0.25, 0.3) is 0 Å². The summed E-state index contributed by atoms with van der Waals surface area (Å²) in [5.41, 5.74) is 0.769. The molecule has 0 aliphatic carbocycles. The lowest BCUT2D eigenvalue weighted by atomic mass is 10.1. The van der Waals surface area contributed by atoms with Gasteiger partial charge in [0, 0.05) is 26.2 Å². The van der Waals surface area contributed by atoms with Gasteiger partial charge in [-0.1, -0.05) is 0 Å². The third-order valence-electron chi connectivity index (χ3n) is 2.01. The number of methoxy groups -OCH3 is 2. The van der Waals surface area contributed by atoms with Crippen molar-refractivity contribution >= 4 is 0 Å². The average molecular weight is 212 g/mol. The summed E-state index contributed by atoms with van der Waals surface area (Å²) < 4.78 is 9.84. The van der Waals surface area contributed by atoms with Gasteiger partial charge in [0.2, 0.25) is 5.88 Å². The zero-order valence-electron chi connectivity index (χ0n) is 9.01. The highest BCUT2D eigenvalue weighted by atomic mass is 16.5. The van der Waals surface area contributed by atoms with Crippen LogP contribution in [0.3, 0.4) is 0 Å². The molecule has 0 bridgehead atoms. The lowest BCUT2D eigenvalue weighted by Crippen LogP contribution is -2.14. The van der Waals surface area contributed by atoms with Gasteiger partial charge in [-0.3, -0.25) is 0 Å². The standard InChI is InChI=1S/C10H16N2O3/c1-14-4-3-9(13)5-8-6-10(15-2)12-7-11-8/h6-7,9,13H,3-5H2,1-2H3. The van der Waals surface area contributed by atoms with Gasteiger partial charge in [0.25, 0.3) is 0 Å². The van der Waals surface area contributed by atoms with E-state index in [9.17, 15) is 5.11 Å². The van der Waals surface area contributed by atoms with Gasteiger partial charge in [-0.05, 0) is 6.42 Å². The second-order valence-electron chi connectivity index (χ2n) is 3.19. The Bertz CT molecular complexity index is 294. The number of aliphatic hydroxyl groups is 1. The highest BCUT2D eigenvalue weighted by Gasteiger charge is 2.07. The number of ether oxygens (including phenoxy) is 2. The largest absolute Gasteiger partial charge is 0.481 e. The first-order valence-corrected chi connectivity index (χ1v) is 4.78. The van der Waals surface area contributed by atoms with Crippen molar-refractivity contribution in [3.05, 3.63) is 18.1 Å². The minimum atomic E-state index is -0.440. The van der Waals surface area contributed by atoms with Crippen molar-refractivity contribution in [1.29, 1.82) is 0 Å². The van der Waals surface area contributed by atoms with Crippen LogP contribution in [0.5, 0.6) is 5.88 Å². The maximum Gasteiger partial charge on any atom is 0.216 e. The monoisotopic (exact) mass is 212 g/mol. The van der Waals surface area contributed by atoms with Crippen molar-refractivity contribution in [2.75, 3.05) is 20.8 Å². The fourth-order valence-electron chi connectivity index (χ4n) is 1.20. The van der Waals surface area contributed by atoms with Crippen molar-refractivity contribution in [3.63, 3.8) is 0 Å². The molecule has 0 fully saturated rings. The van der Waals surface area contributed by atoms with Crippen LogP contribution in [0.2, 0.25) is 0 Å². The van der Waals surface area contributed by atoms with Gasteiger partial charge in [0.15, 0.2) is 0 Å². The molecule has 0 saturated carbocycles. The summed E-state index contributed by atoms with van der Waals surface area (Å²) in [5.74, 6) is 0.513. The Morgan fingerprint density at radius 2 is 2.20 bits per heavy atom. The van der Waals surface area contributed by atoms with Crippen LogP contribution < -0.4 is 4.74 Å². The zero-order chi connectivity index (χ0) is 11.1. The van der Waals surface area contributed by atoms with Crippen LogP contribution in [0.1, 0.15) is 12.1 Å². The second-order valence-corrected chi connectivity index (χ2v) is 3.19. The molecule has 1 atom stereocenters. The van der Waals surface area contributed by atoms with E-state index in [1.807, 2.05) is 0 Å². The second kappa shape index (κ2) is 6.31. The number of rotatable bonds is 6. The third kappa shape index (κ3) is 4.22. The topological polar surface area (TPSA) is 64.5 Å². The van der Waals surface area contributed by atoms with Gasteiger partial charge in [-0.25, -0.2) is 9.97 Å². The first-order chi connectivity index (χ1) is 7.26. The maximum atomic E-state index is 9.62. The molecular formula is C10H16N2O3. The fourth-order valence-corrected chi connectivity index (χ4v) is 1.20. The highest BCUT2D eigenvalue weighted by molar-refractivity contribution is 5.13. The molecule has 0 radical (unpaired) electrons. The van der Waals surface area contributed by atoms with Crippen LogP contribution in [0, 0.1) is 0 Å². The van der Waals surface area contributed by atoms with E-state index >= 15 is 0 Å². The maximum absolute atomic E-state index is 9.62. The molecule has 84 valence electrons. The normalized spacial score (nSPS) is 12.5. The molecule has 1 rings (SSSR count). The first-order valence-electron chi connectivity index (χ1n) is 4.78. The molecule has 0 aliphatic rings. The Kier molecular flexibility index (Phi) is 5.00. The molecule has 1 N–H and O–H groups in total. The predicted octanol–water partition coefficient (Wildman–Crippen LogP) is 0.425. The number of nitrogens with zero attached hydrogens (tertiary/aromatic N) is 2. The predicted molar refractivity (Wildman–Crippen MR) is 54.8 cm³/mol. The third-order valence-corrected chi connectivity index (χ3v) is 2.01. The van der Waals surface area contributed by atoms with E-state index in [2.05, 4.69) is 9.97 Å². The number of hydrogen-bond acceptors (Lipinski definition) is 5. The molecule has 1 unspecified atom stereocenters. The Morgan fingerprint density at radius 3 is 2.87 bits per heavy atom. The van der Waals surface area contributed by atoms with Gasteiger partial charge in [-0.2, -0.15) is 0 Å². The summed E-state index contributed by atoms with van der Waals surface area (Å²) in [5, 5.41) is 9.62. The summed E-state index contributed by atoms with van der Waals surface area (Å²) in [6.07, 6.45) is 2.08. The summed E-state index contributed by atoms with van der Waals surface area (Å²) in [4.78, 5) is 7.93.